The van der Waals surface area contributed by atoms with E-state index in [-0.39, 0.29) is 30.4 Å². The molecule has 0 radical (unpaired) electrons. The van der Waals surface area contributed by atoms with E-state index in [4.69, 9.17) is 4.74 Å². The predicted molar refractivity (Wildman–Crippen MR) is 88.2 cm³/mol. The van der Waals surface area contributed by atoms with Gasteiger partial charge in [-0.15, -0.1) is 0 Å². The molecular formula is C16H17N3O4S. The third-order valence-corrected chi connectivity index (χ3v) is 5.12. The highest BCUT2D eigenvalue weighted by Crippen LogP contribution is 2.32. The molecule has 8 heteroatoms. The Bertz CT molecular complexity index is 853. The third-order valence-electron chi connectivity index (χ3n) is 3.72. The average molecular weight is 347 g/mol. The number of anilines is 1. The van der Waals surface area contributed by atoms with Crippen molar-refractivity contribution in [2.24, 2.45) is 0 Å². The molecule has 1 amide bonds. The van der Waals surface area contributed by atoms with E-state index in [2.05, 4.69) is 9.71 Å². The number of ether oxygens (including phenoxy) is 1. The molecule has 2 aromatic rings. The topological polar surface area (TPSA) is 88.6 Å². The molecule has 1 aliphatic heterocycles. The summed E-state index contributed by atoms with van der Waals surface area (Å²) >= 11 is 0. The Morgan fingerprint density at radius 2 is 2.12 bits per heavy atom. The van der Waals surface area contributed by atoms with Crippen molar-refractivity contribution in [3.05, 3.63) is 48.3 Å². The van der Waals surface area contributed by atoms with Gasteiger partial charge in [0.1, 0.15) is 5.75 Å². The first kappa shape index (κ1) is 16.4. The van der Waals surface area contributed by atoms with Crippen LogP contribution in [0.15, 0.2) is 47.5 Å². The summed E-state index contributed by atoms with van der Waals surface area (Å²) in [6.07, 6.45) is 1.86. The Hall–Kier alpha value is -2.45. The number of benzene rings is 1. The first-order valence-electron chi connectivity index (χ1n) is 7.40. The van der Waals surface area contributed by atoms with Gasteiger partial charge < -0.3 is 9.64 Å². The van der Waals surface area contributed by atoms with Crippen molar-refractivity contribution in [1.82, 2.24) is 9.71 Å². The van der Waals surface area contributed by atoms with Gasteiger partial charge in [-0.05, 0) is 30.3 Å². The average Bonchev–Trinajstić information content (AvgIpc) is 2.73. The molecule has 3 rings (SSSR count). The van der Waals surface area contributed by atoms with Crippen molar-refractivity contribution in [2.45, 2.75) is 17.9 Å². The summed E-state index contributed by atoms with van der Waals surface area (Å²) in [4.78, 5) is 17.5. The molecule has 0 atom stereocenters. The lowest BCUT2D eigenvalue weighted by molar-refractivity contribution is -0.118. The van der Waals surface area contributed by atoms with Crippen LogP contribution in [0.5, 0.6) is 5.75 Å². The summed E-state index contributed by atoms with van der Waals surface area (Å²) in [6.45, 7) is 0.367. The molecule has 0 saturated carbocycles. The van der Waals surface area contributed by atoms with Gasteiger partial charge in [-0.25, -0.2) is 13.1 Å². The number of sulfonamides is 1. The van der Waals surface area contributed by atoms with Gasteiger partial charge in [-0.1, -0.05) is 6.07 Å². The van der Waals surface area contributed by atoms with Crippen molar-refractivity contribution in [1.29, 1.82) is 0 Å². The van der Waals surface area contributed by atoms with Crippen LogP contribution in [0, 0.1) is 0 Å². The van der Waals surface area contributed by atoms with Crippen LogP contribution < -0.4 is 14.4 Å². The number of nitrogens with zero attached hydrogens (tertiary/aromatic N) is 2. The number of carbonyl (C=O) groups excluding carboxylic acids is 1. The summed E-state index contributed by atoms with van der Waals surface area (Å²) in [7, 11) is -2.12. The lowest BCUT2D eigenvalue weighted by Gasteiger charge is -2.17. The summed E-state index contributed by atoms with van der Waals surface area (Å²) in [5, 5.41) is 0. The second kappa shape index (κ2) is 6.58. The zero-order valence-corrected chi connectivity index (χ0v) is 13.9. The van der Waals surface area contributed by atoms with Crippen LogP contribution in [-0.4, -0.2) is 33.0 Å². The van der Waals surface area contributed by atoms with Gasteiger partial charge >= 0.3 is 0 Å². The van der Waals surface area contributed by atoms with Gasteiger partial charge in [0.05, 0.1) is 35.8 Å². The molecule has 1 N–H and O–H groups in total. The largest absolute Gasteiger partial charge is 0.491 e. The molecule has 2 heterocycles. The molecule has 0 saturated heterocycles. The van der Waals surface area contributed by atoms with Crippen LogP contribution in [0.4, 0.5) is 5.69 Å². The van der Waals surface area contributed by atoms with E-state index in [1.807, 2.05) is 0 Å². The number of hydrogen-bond donors (Lipinski definition) is 1. The normalized spacial score (nSPS) is 14.7. The van der Waals surface area contributed by atoms with Gasteiger partial charge in [-0.3, -0.25) is 9.78 Å². The molecule has 0 bridgehead atoms. The molecule has 7 nitrogen and oxygen atoms in total. The number of fused-ring (bicyclic) bond motifs is 1. The molecule has 0 fully saturated rings. The standard InChI is InChI=1S/C16H17N3O4S/c1-19-14-10-13(5-6-15(14)23-9-7-16(19)20)24(21,22)18-11-12-4-2-3-8-17-12/h2-6,8,10,18H,7,9,11H2,1H3. The first-order valence-corrected chi connectivity index (χ1v) is 8.89. The molecular weight excluding hydrogens is 330 g/mol. The van der Waals surface area contributed by atoms with Crippen molar-refractivity contribution >= 4 is 21.6 Å². The highest BCUT2D eigenvalue weighted by Gasteiger charge is 2.23. The minimum Gasteiger partial charge on any atom is -0.491 e. The van der Waals surface area contributed by atoms with Crippen molar-refractivity contribution in [3.63, 3.8) is 0 Å². The second-order valence-electron chi connectivity index (χ2n) is 5.33. The van der Waals surface area contributed by atoms with E-state index in [9.17, 15) is 13.2 Å². The minimum atomic E-state index is -3.73. The van der Waals surface area contributed by atoms with Crippen LogP contribution in [0.25, 0.3) is 0 Å². The van der Waals surface area contributed by atoms with Crippen LogP contribution in [0.3, 0.4) is 0 Å². The second-order valence-corrected chi connectivity index (χ2v) is 7.09. The van der Waals surface area contributed by atoms with Crippen LogP contribution >= 0.6 is 0 Å². The molecule has 1 aliphatic rings. The van der Waals surface area contributed by atoms with Gasteiger partial charge in [0.25, 0.3) is 0 Å². The SMILES string of the molecule is CN1C(=O)CCOc2ccc(S(=O)(=O)NCc3ccccn3)cc21. The molecule has 126 valence electrons. The zero-order chi connectivity index (χ0) is 17.2. The molecule has 0 aliphatic carbocycles. The number of aromatic nitrogens is 1. The predicted octanol–water partition coefficient (Wildman–Crippen LogP) is 1.31. The van der Waals surface area contributed by atoms with Crippen LogP contribution in [0.2, 0.25) is 0 Å². The number of amides is 1. The van der Waals surface area contributed by atoms with E-state index in [0.717, 1.165) is 0 Å². The van der Waals surface area contributed by atoms with E-state index in [0.29, 0.717) is 17.1 Å². The summed E-state index contributed by atoms with van der Waals surface area (Å²) in [5.41, 5.74) is 1.06. The van der Waals surface area contributed by atoms with Gasteiger partial charge in [-0.2, -0.15) is 0 Å². The molecule has 1 aromatic heterocycles. The Kier molecular flexibility index (Phi) is 4.50. The maximum Gasteiger partial charge on any atom is 0.241 e. The zero-order valence-electron chi connectivity index (χ0n) is 13.1. The summed E-state index contributed by atoms with van der Waals surface area (Å²) in [5.74, 6) is 0.372. The van der Waals surface area contributed by atoms with E-state index in [1.165, 1.54) is 17.0 Å². The lowest BCUT2D eigenvalue weighted by Crippen LogP contribution is -2.26. The Morgan fingerprint density at radius 3 is 2.88 bits per heavy atom. The van der Waals surface area contributed by atoms with Crippen molar-refractivity contribution < 1.29 is 17.9 Å². The fourth-order valence-corrected chi connectivity index (χ4v) is 3.37. The summed E-state index contributed by atoms with van der Waals surface area (Å²) < 4.78 is 33.0. The molecule has 1 aromatic carbocycles. The first-order chi connectivity index (χ1) is 11.5. The number of pyridine rings is 1. The molecule has 0 unspecified atom stereocenters. The van der Waals surface area contributed by atoms with E-state index >= 15 is 0 Å². The highest BCUT2D eigenvalue weighted by atomic mass is 32.2. The lowest BCUT2D eigenvalue weighted by atomic mass is 10.2. The fourth-order valence-electron chi connectivity index (χ4n) is 2.35. The third kappa shape index (κ3) is 3.39. The summed E-state index contributed by atoms with van der Waals surface area (Å²) in [6, 6.07) is 9.76. The number of carbonyl (C=O) groups is 1. The van der Waals surface area contributed by atoms with E-state index < -0.39 is 10.0 Å². The van der Waals surface area contributed by atoms with Crippen molar-refractivity contribution in [3.8, 4) is 5.75 Å². The highest BCUT2D eigenvalue weighted by molar-refractivity contribution is 7.89. The number of rotatable bonds is 4. The Morgan fingerprint density at radius 1 is 1.29 bits per heavy atom. The fraction of sp³-hybridized carbons (Fsp3) is 0.250. The quantitative estimate of drug-likeness (QED) is 0.901. The number of nitrogens with one attached hydrogen (secondary N) is 1. The minimum absolute atomic E-state index is 0.0716. The molecule has 0 spiro atoms. The van der Waals surface area contributed by atoms with E-state index in [1.54, 1.807) is 37.5 Å². The number of hydrogen-bond acceptors (Lipinski definition) is 5. The Labute approximate surface area is 140 Å². The van der Waals surface area contributed by atoms with Crippen molar-refractivity contribution in [2.75, 3.05) is 18.6 Å². The van der Waals surface area contributed by atoms with Gasteiger partial charge in [0, 0.05) is 13.2 Å². The Balaban J connectivity index is 1.86. The maximum absolute atomic E-state index is 12.5. The maximum atomic E-state index is 12.5. The van der Waals surface area contributed by atoms with Crippen LogP contribution in [-0.2, 0) is 21.4 Å². The monoisotopic (exact) mass is 347 g/mol. The van der Waals surface area contributed by atoms with Gasteiger partial charge in [0.2, 0.25) is 15.9 Å². The van der Waals surface area contributed by atoms with Crippen LogP contribution in [0.1, 0.15) is 12.1 Å². The molecule has 24 heavy (non-hydrogen) atoms. The smallest absolute Gasteiger partial charge is 0.241 e. The van der Waals surface area contributed by atoms with Gasteiger partial charge in [0.15, 0.2) is 0 Å².